The molecule has 1 unspecified atom stereocenters. The van der Waals surface area contributed by atoms with Gasteiger partial charge in [0, 0.05) is 19.5 Å². The molecular weight excluding hydrogens is 378 g/mol. The van der Waals surface area contributed by atoms with Crippen molar-refractivity contribution >= 4 is 28.6 Å². The average Bonchev–Trinajstić information content (AvgIpc) is 3.40. The third-order valence-electron chi connectivity index (χ3n) is 5.49. The second kappa shape index (κ2) is 9.09. The Morgan fingerprint density at radius 3 is 2.63 bits per heavy atom. The number of anilines is 1. The minimum absolute atomic E-state index is 0.232. The molecule has 0 bridgehead atoms. The van der Waals surface area contributed by atoms with E-state index in [1.807, 2.05) is 54.6 Å². The summed E-state index contributed by atoms with van der Waals surface area (Å²) in [6.07, 6.45) is -0.216. The van der Waals surface area contributed by atoms with Crippen molar-refractivity contribution < 1.29 is 9.63 Å². The third kappa shape index (κ3) is 4.21. The smallest absolute Gasteiger partial charge is 0.271 e. The van der Waals surface area contributed by atoms with Crippen molar-refractivity contribution in [2.24, 2.45) is 5.16 Å². The van der Waals surface area contributed by atoms with Crippen molar-refractivity contribution in [3.8, 4) is 0 Å². The van der Waals surface area contributed by atoms with Crippen molar-refractivity contribution in [2.45, 2.75) is 32.9 Å². The van der Waals surface area contributed by atoms with Crippen LogP contribution >= 0.6 is 0 Å². The van der Waals surface area contributed by atoms with E-state index < -0.39 is 6.10 Å². The molecule has 1 aromatic heterocycles. The Morgan fingerprint density at radius 2 is 1.87 bits per heavy atom. The zero-order valence-electron chi connectivity index (χ0n) is 17.4. The highest BCUT2D eigenvalue weighted by atomic mass is 16.6. The van der Waals surface area contributed by atoms with Crippen molar-refractivity contribution in [3.05, 3.63) is 60.2 Å². The first-order valence-electron chi connectivity index (χ1n) is 10.5. The summed E-state index contributed by atoms with van der Waals surface area (Å²) >= 11 is 0. The van der Waals surface area contributed by atoms with Crippen LogP contribution in [0.25, 0.3) is 11.0 Å². The number of oxime groups is 1. The normalized spacial score (nSPS) is 16.0. The Hall–Kier alpha value is -3.19. The van der Waals surface area contributed by atoms with Crippen LogP contribution in [0.3, 0.4) is 0 Å². The second-order valence-corrected chi connectivity index (χ2v) is 7.29. The average molecular weight is 406 g/mol. The molecule has 4 rings (SSSR count). The topological polar surface area (TPSA) is 71.8 Å². The molecule has 0 saturated carbocycles. The van der Waals surface area contributed by atoms with Crippen molar-refractivity contribution in [1.82, 2.24) is 14.5 Å². The van der Waals surface area contributed by atoms with Crippen molar-refractivity contribution in [1.29, 1.82) is 0 Å². The molecule has 3 aromatic rings. The van der Waals surface area contributed by atoms with E-state index in [0.717, 1.165) is 48.5 Å². The first-order chi connectivity index (χ1) is 14.7. The number of rotatable bonds is 8. The zero-order valence-corrected chi connectivity index (χ0v) is 17.4. The van der Waals surface area contributed by atoms with Crippen LogP contribution in [0.2, 0.25) is 0 Å². The molecule has 30 heavy (non-hydrogen) atoms. The van der Waals surface area contributed by atoms with E-state index in [1.165, 1.54) is 0 Å². The standard InChI is InChI=1S/C23H27N5O2/c1-3-27(4-2)14-15-28-20-13-9-8-12-18(20)24-23(28)25-22(29)21-16-19(26-30-21)17-10-6-5-7-11-17/h5-13,21H,3-4,14-16H2,1-2H3,(H,24,25,29). The molecule has 1 atom stereocenters. The molecule has 0 fully saturated rings. The third-order valence-corrected chi connectivity index (χ3v) is 5.49. The van der Waals surface area contributed by atoms with Gasteiger partial charge in [-0.25, -0.2) is 4.98 Å². The predicted octanol–water partition coefficient (Wildman–Crippen LogP) is 3.51. The van der Waals surface area contributed by atoms with E-state index in [4.69, 9.17) is 4.84 Å². The summed E-state index contributed by atoms with van der Waals surface area (Å²) in [6, 6.07) is 17.7. The maximum atomic E-state index is 12.9. The summed E-state index contributed by atoms with van der Waals surface area (Å²) in [5.74, 6) is 0.314. The zero-order chi connectivity index (χ0) is 20.9. The van der Waals surface area contributed by atoms with Crippen molar-refractivity contribution in [2.75, 3.05) is 25.0 Å². The lowest BCUT2D eigenvalue weighted by atomic mass is 10.1. The number of fused-ring (bicyclic) bond motifs is 1. The van der Waals surface area contributed by atoms with Gasteiger partial charge in [0.1, 0.15) is 0 Å². The van der Waals surface area contributed by atoms with Crippen LogP contribution in [0, 0.1) is 0 Å². The number of para-hydroxylation sites is 2. The number of carbonyl (C=O) groups is 1. The second-order valence-electron chi connectivity index (χ2n) is 7.29. The molecule has 1 aliphatic rings. The molecule has 156 valence electrons. The molecule has 1 amide bonds. The number of benzene rings is 2. The lowest BCUT2D eigenvalue weighted by Crippen LogP contribution is -2.31. The highest BCUT2D eigenvalue weighted by Gasteiger charge is 2.30. The van der Waals surface area contributed by atoms with Gasteiger partial charge in [0.05, 0.1) is 16.7 Å². The van der Waals surface area contributed by atoms with Gasteiger partial charge < -0.3 is 14.3 Å². The number of nitrogens with zero attached hydrogens (tertiary/aromatic N) is 4. The fourth-order valence-corrected chi connectivity index (χ4v) is 3.69. The van der Waals surface area contributed by atoms with Gasteiger partial charge in [-0.3, -0.25) is 10.1 Å². The molecule has 7 heteroatoms. The molecule has 0 aliphatic carbocycles. The lowest BCUT2D eigenvalue weighted by Gasteiger charge is -2.19. The van der Waals surface area contributed by atoms with Gasteiger partial charge in [-0.05, 0) is 30.8 Å². The number of amides is 1. The molecule has 1 aliphatic heterocycles. The Bertz CT molecular complexity index is 1040. The fourth-order valence-electron chi connectivity index (χ4n) is 3.69. The number of imidazole rings is 1. The van der Waals surface area contributed by atoms with Gasteiger partial charge >= 0.3 is 0 Å². The molecule has 0 saturated heterocycles. The first-order valence-corrected chi connectivity index (χ1v) is 10.5. The van der Waals surface area contributed by atoms with E-state index >= 15 is 0 Å². The number of nitrogens with one attached hydrogen (secondary N) is 1. The minimum atomic E-state index is -0.656. The van der Waals surface area contributed by atoms with Crippen LogP contribution in [0.5, 0.6) is 0 Å². The van der Waals surface area contributed by atoms with Crippen LogP contribution in [0.4, 0.5) is 5.95 Å². The maximum Gasteiger partial charge on any atom is 0.271 e. The monoisotopic (exact) mass is 405 g/mol. The van der Waals surface area contributed by atoms with Gasteiger partial charge in [-0.1, -0.05) is 61.5 Å². The molecule has 2 heterocycles. The largest absolute Gasteiger partial charge is 0.382 e. The quantitative estimate of drug-likeness (QED) is 0.623. The van der Waals surface area contributed by atoms with Gasteiger partial charge in [0.15, 0.2) is 0 Å². The lowest BCUT2D eigenvalue weighted by molar-refractivity contribution is -0.125. The predicted molar refractivity (Wildman–Crippen MR) is 119 cm³/mol. The van der Waals surface area contributed by atoms with E-state index in [-0.39, 0.29) is 5.91 Å². The molecule has 1 N–H and O–H groups in total. The van der Waals surface area contributed by atoms with Crippen LogP contribution < -0.4 is 5.32 Å². The highest BCUT2D eigenvalue weighted by molar-refractivity contribution is 6.06. The Kier molecular flexibility index (Phi) is 6.09. The molecule has 2 aromatic carbocycles. The Morgan fingerprint density at radius 1 is 1.13 bits per heavy atom. The number of hydrogen-bond acceptors (Lipinski definition) is 5. The summed E-state index contributed by atoms with van der Waals surface area (Å²) in [6.45, 7) is 7.91. The highest BCUT2D eigenvalue weighted by Crippen LogP contribution is 2.22. The minimum Gasteiger partial charge on any atom is -0.382 e. The number of hydrogen-bond donors (Lipinski definition) is 1. The summed E-state index contributed by atoms with van der Waals surface area (Å²) < 4.78 is 2.07. The molecule has 0 radical (unpaired) electrons. The number of likely N-dealkylation sites (N-methyl/N-ethyl adjacent to an activating group) is 1. The van der Waals surface area contributed by atoms with Gasteiger partial charge in [0.25, 0.3) is 5.91 Å². The van der Waals surface area contributed by atoms with E-state index in [0.29, 0.717) is 12.4 Å². The summed E-state index contributed by atoms with van der Waals surface area (Å²) in [5, 5.41) is 7.09. The Balaban J connectivity index is 1.49. The molecule has 0 spiro atoms. The van der Waals surface area contributed by atoms with Crippen LogP contribution in [-0.4, -0.2) is 51.8 Å². The van der Waals surface area contributed by atoms with Gasteiger partial charge in [-0.2, -0.15) is 0 Å². The van der Waals surface area contributed by atoms with E-state index in [9.17, 15) is 4.79 Å². The summed E-state index contributed by atoms with van der Waals surface area (Å²) in [7, 11) is 0. The van der Waals surface area contributed by atoms with Gasteiger partial charge in [-0.15, -0.1) is 0 Å². The van der Waals surface area contributed by atoms with Gasteiger partial charge in [0.2, 0.25) is 12.1 Å². The van der Waals surface area contributed by atoms with Crippen LogP contribution in [0.15, 0.2) is 59.8 Å². The summed E-state index contributed by atoms with van der Waals surface area (Å²) in [5.41, 5.74) is 3.62. The molecule has 7 nitrogen and oxygen atoms in total. The number of carbonyl (C=O) groups excluding carboxylic acids is 1. The van der Waals surface area contributed by atoms with Crippen molar-refractivity contribution in [3.63, 3.8) is 0 Å². The first kappa shape index (κ1) is 20.1. The van der Waals surface area contributed by atoms with Crippen LogP contribution in [0.1, 0.15) is 25.8 Å². The number of aromatic nitrogens is 2. The summed E-state index contributed by atoms with van der Waals surface area (Å²) in [4.78, 5) is 25.3. The van der Waals surface area contributed by atoms with E-state index in [2.05, 4.69) is 38.8 Å². The SMILES string of the molecule is CCN(CC)CCn1c(NC(=O)C2CC(c3ccccc3)=NO2)nc2ccccc21. The van der Waals surface area contributed by atoms with Crippen LogP contribution in [-0.2, 0) is 16.2 Å². The van der Waals surface area contributed by atoms with E-state index in [1.54, 1.807) is 0 Å². The molecular formula is C23H27N5O2. The fraction of sp³-hybridized carbons (Fsp3) is 0.348. The Labute approximate surface area is 176 Å². The maximum absolute atomic E-state index is 12.9.